The van der Waals surface area contributed by atoms with E-state index in [1.807, 2.05) is 13.2 Å². The van der Waals surface area contributed by atoms with Crippen LogP contribution in [0.2, 0.25) is 0 Å². The van der Waals surface area contributed by atoms with E-state index < -0.39 is 11.5 Å². The lowest BCUT2D eigenvalue weighted by Crippen LogP contribution is -3.06. The average molecular weight is 500 g/mol. The standard InChI is InChI=1S/C23H38N4O4S2/c1-22-7-6-17(29)23(2,13-28)16(22)11-15-20(26-21(33-15)25-19(31)12-32-5)14(22)10-18(30)24-8-9-27(3)4/h14,16-17,28-29H,6-13H2,1-5H3,(H,24,30)(H,25,26,31)/p+1/t14-,16+,17-,22+,23+/m1/s1. The van der Waals surface area contributed by atoms with Crippen LogP contribution in [0.4, 0.5) is 5.13 Å². The molecule has 2 aliphatic rings. The number of thiazole rings is 1. The third kappa shape index (κ3) is 5.40. The number of aromatic nitrogens is 1. The van der Waals surface area contributed by atoms with Gasteiger partial charge in [0.15, 0.2) is 5.13 Å². The van der Waals surface area contributed by atoms with Crippen molar-refractivity contribution in [1.29, 1.82) is 0 Å². The molecule has 2 amide bonds. The number of hydrogen-bond donors (Lipinski definition) is 5. The molecule has 0 unspecified atom stereocenters. The molecular formula is C23H39N4O4S2+. The molecule has 1 fully saturated rings. The number of rotatable bonds is 9. The van der Waals surface area contributed by atoms with E-state index in [1.54, 1.807) is 0 Å². The highest BCUT2D eigenvalue weighted by atomic mass is 32.2. The predicted molar refractivity (Wildman–Crippen MR) is 133 cm³/mol. The molecule has 186 valence electrons. The topological polar surface area (TPSA) is 116 Å². The molecule has 0 spiro atoms. The third-order valence-electron chi connectivity index (χ3n) is 7.75. The van der Waals surface area contributed by atoms with Crippen LogP contribution in [0.5, 0.6) is 0 Å². The Morgan fingerprint density at radius 2 is 2.03 bits per heavy atom. The minimum atomic E-state index is -0.653. The van der Waals surface area contributed by atoms with E-state index in [4.69, 9.17) is 4.98 Å². The zero-order valence-electron chi connectivity index (χ0n) is 20.4. The number of amides is 2. The molecule has 0 saturated heterocycles. The lowest BCUT2D eigenvalue weighted by atomic mass is 9.47. The Kier molecular flexibility index (Phi) is 8.48. The van der Waals surface area contributed by atoms with Gasteiger partial charge in [0.1, 0.15) is 0 Å². The smallest absolute Gasteiger partial charge is 0.236 e. The quantitative estimate of drug-likeness (QED) is 0.338. The Morgan fingerprint density at radius 1 is 1.30 bits per heavy atom. The number of anilines is 1. The minimum Gasteiger partial charge on any atom is -0.396 e. The Bertz CT molecular complexity index is 864. The van der Waals surface area contributed by atoms with E-state index in [2.05, 4.69) is 31.7 Å². The molecule has 3 rings (SSSR count). The van der Waals surface area contributed by atoms with Crippen LogP contribution in [0, 0.1) is 16.7 Å². The Hall–Kier alpha value is -1.20. The number of thioether (sulfide) groups is 1. The Morgan fingerprint density at radius 3 is 2.67 bits per heavy atom. The summed E-state index contributed by atoms with van der Waals surface area (Å²) in [7, 11) is 4.10. The summed E-state index contributed by atoms with van der Waals surface area (Å²) < 4.78 is 0. The number of carbonyl (C=O) groups is 2. The van der Waals surface area contributed by atoms with Crippen molar-refractivity contribution >= 4 is 40.0 Å². The van der Waals surface area contributed by atoms with E-state index in [0.717, 1.165) is 23.5 Å². The number of aliphatic hydroxyl groups is 2. The van der Waals surface area contributed by atoms with Gasteiger partial charge in [-0.25, -0.2) is 4.98 Å². The number of nitrogens with one attached hydrogen (secondary N) is 3. The monoisotopic (exact) mass is 499 g/mol. The molecule has 0 aliphatic heterocycles. The van der Waals surface area contributed by atoms with Gasteiger partial charge in [-0.2, -0.15) is 11.8 Å². The van der Waals surface area contributed by atoms with Gasteiger partial charge >= 0.3 is 0 Å². The van der Waals surface area contributed by atoms with Crippen molar-refractivity contribution in [3.63, 3.8) is 0 Å². The summed E-state index contributed by atoms with van der Waals surface area (Å²) in [5, 5.41) is 27.7. The van der Waals surface area contributed by atoms with Crippen LogP contribution >= 0.6 is 23.1 Å². The van der Waals surface area contributed by atoms with E-state index in [-0.39, 0.29) is 35.7 Å². The van der Waals surface area contributed by atoms with Crippen LogP contribution in [0.15, 0.2) is 0 Å². The Balaban J connectivity index is 1.94. The molecule has 1 saturated carbocycles. The highest BCUT2D eigenvalue weighted by molar-refractivity contribution is 7.99. The molecule has 0 aromatic carbocycles. The van der Waals surface area contributed by atoms with Crippen molar-refractivity contribution in [3.05, 3.63) is 10.6 Å². The molecule has 0 radical (unpaired) electrons. The van der Waals surface area contributed by atoms with Crippen molar-refractivity contribution in [2.45, 2.75) is 51.6 Å². The zero-order valence-corrected chi connectivity index (χ0v) is 22.0. The summed E-state index contributed by atoms with van der Waals surface area (Å²) in [6.07, 6.45) is 3.63. The molecule has 10 heteroatoms. The van der Waals surface area contributed by atoms with Crippen molar-refractivity contribution in [1.82, 2.24) is 10.3 Å². The molecular weight excluding hydrogens is 460 g/mol. The summed E-state index contributed by atoms with van der Waals surface area (Å²) in [6.45, 7) is 5.50. The Labute approximate surface area is 204 Å². The first-order valence-electron chi connectivity index (χ1n) is 11.7. The molecule has 33 heavy (non-hydrogen) atoms. The van der Waals surface area contributed by atoms with Crippen LogP contribution in [0.25, 0.3) is 0 Å². The molecule has 5 N–H and O–H groups in total. The normalized spacial score (nSPS) is 31.1. The van der Waals surface area contributed by atoms with Gasteiger partial charge in [0.2, 0.25) is 11.8 Å². The number of hydrogen-bond acceptors (Lipinski definition) is 7. The second kappa shape index (κ2) is 10.6. The fourth-order valence-electron chi connectivity index (χ4n) is 5.70. The van der Waals surface area contributed by atoms with E-state index in [0.29, 0.717) is 36.7 Å². The van der Waals surface area contributed by atoms with Crippen LogP contribution in [0.1, 0.15) is 49.6 Å². The number of nitrogens with zero attached hydrogens (tertiary/aromatic N) is 1. The molecule has 1 aromatic rings. The van der Waals surface area contributed by atoms with E-state index in [9.17, 15) is 19.8 Å². The first-order chi connectivity index (χ1) is 15.5. The molecule has 2 aliphatic carbocycles. The average Bonchev–Trinajstić information content (AvgIpc) is 3.14. The van der Waals surface area contributed by atoms with E-state index in [1.165, 1.54) is 28.0 Å². The lowest BCUT2D eigenvalue weighted by Gasteiger charge is -2.58. The molecule has 1 aromatic heterocycles. The van der Waals surface area contributed by atoms with Crippen molar-refractivity contribution in [2.24, 2.45) is 16.7 Å². The number of aliphatic hydroxyl groups excluding tert-OH is 2. The largest absolute Gasteiger partial charge is 0.396 e. The highest BCUT2D eigenvalue weighted by Crippen LogP contribution is 2.62. The van der Waals surface area contributed by atoms with Gasteiger partial charge < -0.3 is 25.7 Å². The van der Waals surface area contributed by atoms with Crippen LogP contribution in [0.3, 0.4) is 0 Å². The molecule has 5 atom stereocenters. The van der Waals surface area contributed by atoms with Crippen molar-refractivity contribution in [2.75, 3.05) is 51.1 Å². The summed E-state index contributed by atoms with van der Waals surface area (Å²) in [5.41, 5.74) is -0.0501. The van der Waals surface area contributed by atoms with Crippen molar-refractivity contribution in [3.8, 4) is 0 Å². The summed E-state index contributed by atoms with van der Waals surface area (Å²) in [4.78, 5) is 32.3. The lowest BCUT2D eigenvalue weighted by molar-refractivity contribution is -0.856. The maximum atomic E-state index is 13.0. The van der Waals surface area contributed by atoms with Crippen LogP contribution < -0.4 is 15.5 Å². The van der Waals surface area contributed by atoms with Gasteiger partial charge in [0.25, 0.3) is 0 Å². The van der Waals surface area contributed by atoms with Gasteiger partial charge in [0, 0.05) is 22.6 Å². The van der Waals surface area contributed by atoms with Gasteiger partial charge in [0.05, 0.1) is 51.3 Å². The summed E-state index contributed by atoms with van der Waals surface area (Å²) >= 11 is 2.91. The second-order valence-corrected chi connectivity index (χ2v) is 12.3. The van der Waals surface area contributed by atoms with E-state index >= 15 is 0 Å². The van der Waals surface area contributed by atoms with Gasteiger partial charge in [-0.15, -0.1) is 11.3 Å². The summed E-state index contributed by atoms with van der Waals surface area (Å²) in [6, 6.07) is 0. The third-order valence-corrected chi connectivity index (χ3v) is 9.31. The fraction of sp³-hybridized carbons (Fsp3) is 0.783. The number of quaternary nitrogens is 1. The van der Waals surface area contributed by atoms with Crippen LogP contribution in [-0.2, 0) is 16.0 Å². The molecule has 8 nitrogen and oxygen atoms in total. The fourth-order valence-corrected chi connectivity index (χ4v) is 7.11. The summed E-state index contributed by atoms with van der Waals surface area (Å²) in [5.74, 6) is 0.128. The van der Waals surface area contributed by atoms with Crippen LogP contribution in [-0.4, -0.2) is 78.9 Å². The van der Waals surface area contributed by atoms with Gasteiger partial charge in [-0.1, -0.05) is 13.8 Å². The first kappa shape index (κ1) is 26.4. The number of carbonyl (C=O) groups excluding carboxylic acids is 2. The highest BCUT2D eigenvalue weighted by Gasteiger charge is 2.59. The first-order valence-corrected chi connectivity index (χ1v) is 13.9. The maximum absolute atomic E-state index is 13.0. The molecule has 0 bridgehead atoms. The number of fused-ring (bicyclic) bond motifs is 2. The molecule has 1 heterocycles. The van der Waals surface area contributed by atoms with Gasteiger partial charge in [-0.05, 0) is 36.9 Å². The SMILES string of the molecule is CSCC(=O)Nc1nc2c(s1)C[C@@H]1[C@](C)(CO)[C@H](O)CC[C@@]1(C)[C@@H]2CC(=O)NCC[NH+](C)C. The minimum absolute atomic E-state index is 0.00506. The zero-order chi connectivity index (χ0) is 24.4. The number of likely N-dealkylation sites (N-methyl/N-ethyl adjacent to an activating group) is 1. The second-order valence-electron chi connectivity index (χ2n) is 10.4. The van der Waals surface area contributed by atoms with Gasteiger partial charge in [-0.3, -0.25) is 9.59 Å². The maximum Gasteiger partial charge on any atom is 0.236 e. The van der Waals surface area contributed by atoms with Crippen molar-refractivity contribution < 1.29 is 24.7 Å². The predicted octanol–water partition coefficient (Wildman–Crippen LogP) is 0.511.